The van der Waals surface area contributed by atoms with Crippen LogP contribution < -0.4 is 10.1 Å². The highest BCUT2D eigenvalue weighted by Crippen LogP contribution is 2.18. The lowest BCUT2D eigenvalue weighted by atomic mass is 10.2. The zero-order chi connectivity index (χ0) is 17.7. The average molecular weight is 341 g/mol. The van der Waals surface area contributed by atoms with Crippen LogP contribution >= 0.6 is 0 Å². The largest absolute Gasteiger partial charge is 0.489 e. The summed E-state index contributed by atoms with van der Waals surface area (Å²) >= 11 is 0. The zero-order valence-electron chi connectivity index (χ0n) is 14.8. The molecule has 0 heterocycles. The van der Waals surface area contributed by atoms with Gasteiger partial charge in [0.15, 0.2) is 0 Å². The second kappa shape index (κ2) is 11.1. The number of rotatable bonds is 7. The molecule has 1 saturated carbocycles. The summed E-state index contributed by atoms with van der Waals surface area (Å²) in [4.78, 5) is 10.8. The Morgan fingerprint density at radius 2 is 1.68 bits per heavy atom. The van der Waals surface area contributed by atoms with E-state index in [1.165, 1.54) is 5.56 Å². The SMILES string of the molecule is CCCCOC(=O)NC1CC1.c1ccc(COc2ccccc2)cc1. The van der Waals surface area contributed by atoms with Crippen molar-refractivity contribution in [2.24, 2.45) is 0 Å². The summed E-state index contributed by atoms with van der Waals surface area (Å²) in [5.74, 6) is 0.913. The third kappa shape index (κ3) is 8.80. The van der Waals surface area contributed by atoms with Crippen LogP contribution in [0.4, 0.5) is 4.79 Å². The minimum atomic E-state index is -0.249. The van der Waals surface area contributed by atoms with Crippen molar-refractivity contribution in [2.45, 2.75) is 45.3 Å². The predicted octanol–water partition coefficient (Wildman–Crippen LogP) is 4.94. The Morgan fingerprint density at radius 1 is 1.04 bits per heavy atom. The fourth-order valence-corrected chi connectivity index (χ4v) is 2.00. The van der Waals surface area contributed by atoms with Crippen LogP contribution in [-0.2, 0) is 11.3 Å². The van der Waals surface area contributed by atoms with Crippen molar-refractivity contribution >= 4 is 6.09 Å². The van der Waals surface area contributed by atoms with Gasteiger partial charge in [-0.15, -0.1) is 0 Å². The molecule has 0 atom stereocenters. The minimum Gasteiger partial charge on any atom is -0.489 e. The van der Waals surface area contributed by atoms with Gasteiger partial charge in [0.05, 0.1) is 6.61 Å². The van der Waals surface area contributed by atoms with Crippen LogP contribution in [0.5, 0.6) is 5.75 Å². The van der Waals surface area contributed by atoms with Gasteiger partial charge in [-0.25, -0.2) is 4.79 Å². The maximum Gasteiger partial charge on any atom is 0.407 e. The fraction of sp³-hybridized carbons (Fsp3) is 0.381. The van der Waals surface area contributed by atoms with Crippen molar-refractivity contribution in [3.8, 4) is 5.75 Å². The molecule has 4 heteroatoms. The van der Waals surface area contributed by atoms with E-state index >= 15 is 0 Å². The normalized spacial score (nSPS) is 12.5. The van der Waals surface area contributed by atoms with Crippen molar-refractivity contribution in [3.05, 3.63) is 66.2 Å². The van der Waals surface area contributed by atoms with Gasteiger partial charge in [-0.05, 0) is 37.0 Å². The second-order valence-electron chi connectivity index (χ2n) is 6.00. The van der Waals surface area contributed by atoms with Crippen LogP contribution in [0.15, 0.2) is 60.7 Å². The number of nitrogens with one attached hydrogen (secondary N) is 1. The highest BCUT2D eigenvalue weighted by Gasteiger charge is 2.23. The first-order chi connectivity index (χ1) is 12.3. The molecule has 0 bridgehead atoms. The number of hydrogen-bond acceptors (Lipinski definition) is 3. The summed E-state index contributed by atoms with van der Waals surface area (Å²) in [6.07, 6.45) is 4.00. The van der Waals surface area contributed by atoms with E-state index in [4.69, 9.17) is 9.47 Å². The van der Waals surface area contributed by atoms with E-state index in [1.807, 2.05) is 48.5 Å². The number of amides is 1. The average Bonchev–Trinajstić information content (AvgIpc) is 3.46. The van der Waals surface area contributed by atoms with Crippen molar-refractivity contribution in [1.29, 1.82) is 0 Å². The van der Waals surface area contributed by atoms with Crippen LogP contribution in [0.1, 0.15) is 38.2 Å². The number of ether oxygens (including phenoxy) is 2. The van der Waals surface area contributed by atoms with Gasteiger partial charge in [-0.3, -0.25) is 0 Å². The molecule has 134 valence electrons. The van der Waals surface area contributed by atoms with Crippen molar-refractivity contribution in [1.82, 2.24) is 5.32 Å². The van der Waals surface area contributed by atoms with E-state index in [1.54, 1.807) is 0 Å². The fourth-order valence-electron chi connectivity index (χ4n) is 2.00. The summed E-state index contributed by atoms with van der Waals surface area (Å²) < 4.78 is 10.5. The van der Waals surface area contributed by atoms with E-state index in [9.17, 15) is 4.79 Å². The number of carbonyl (C=O) groups excluding carboxylic acids is 1. The molecule has 0 spiro atoms. The van der Waals surface area contributed by atoms with Crippen LogP contribution in [-0.4, -0.2) is 18.7 Å². The summed E-state index contributed by atoms with van der Waals surface area (Å²) in [5.41, 5.74) is 1.19. The molecule has 1 fully saturated rings. The number of unbranched alkanes of at least 4 members (excludes halogenated alkanes) is 1. The molecule has 1 aliphatic carbocycles. The molecule has 2 aromatic rings. The molecular formula is C21H27NO3. The Kier molecular flexibility index (Phi) is 8.39. The van der Waals surface area contributed by atoms with E-state index in [-0.39, 0.29) is 6.09 Å². The number of alkyl carbamates (subject to hydrolysis) is 1. The van der Waals surface area contributed by atoms with Gasteiger partial charge in [-0.1, -0.05) is 61.9 Å². The van der Waals surface area contributed by atoms with E-state index < -0.39 is 0 Å². The van der Waals surface area contributed by atoms with Crippen molar-refractivity contribution in [3.63, 3.8) is 0 Å². The molecule has 3 rings (SSSR count). The molecule has 0 radical (unpaired) electrons. The maximum absolute atomic E-state index is 10.8. The van der Waals surface area contributed by atoms with Crippen molar-refractivity contribution in [2.75, 3.05) is 6.61 Å². The van der Waals surface area contributed by atoms with Gasteiger partial charge < -0.3 is 14.8 Å². The first kappa shape index (κ1) is 18.8. The number of benzene rings is 2. The smallest absolute Gasteiger partial charge is 0.407 e. The molecule has 0 unspecified atom stereocenters. The molecule has 0 aliphatic heterocycles. The highest BCUT2D eigenvalue weighted by molar-refractivity contribution is 5.67. The molecule has 2 aromatic carbocycles. The Hall–Kier alpha value is -2.49. The van der Waals surface area contributed by atoms with E-state index in [0.29, 0.717) is 19.3 Å². The van der Waals surface area contributed by atoms with Gasteiger partial charge in [0, 0.05) is 6.04 Å². The Balaban J connectivity index is 0.000000186. The topological polar surface area (TPSA) is 47.6 Å². The van der Waals surface area contributed by atoms with Crippen LogP contribution in [0, 0.1) is 0 Å². The molecule has 0 saturated heterocycles. The van der Waals surface area contributed by atoms with Gasteiger partial charge in [0.25, 0.3) is 0 Å². The first-order valence-corrected chi connectivity index (χ1v) is 8.93. The summed E-state index contributed by atoms with van der Waals surface area (Å²) in [6, 6.07) is 20.4. The molecule has 0 aromatic heterocycles. The monoisotopic (exact) mass is 341 g/mol. The van der Waals surface area contributed by atoms with Gasteiger partial charge in [0.2, 0.25) is 0 Å². The lowest BCUT2D eigenvalue weighted by Gasteiger charge is -2.05. The van der Waals surface area contributed by atoms with Gasteiger partial charge in [-0.2, -0.15) is 0 Å². The second-order valence-corrected chi connectivity index (χ2v) is 6.00. The molecule has 1 N–H and O–H groups in total. The Labute approximate surface area is 150 Å². The highest BCUT2D eigenvalue weighted by atomic mass is 16.5. The molecule has 1 aliphatic rings. The van der Waals surface area contributed by atoms with Gasteiger partial charge in [0.1, 0.15) is 12.4 Å². The van der Waals surface area contributed by atoms with Crippen LogP contribution in [0.25, 0.3) is 0 Å². The lowest BCUT2D eigenvalue weighted by molar-refractivity contribution is 0.144. The van der Waals surface area contributed by atoms with E-state index in [0.717, 1.165) is 31.4 Å². The summed E-state index contributed by atoms with van der Waals surface area (Å²) in [6.45, 7) is 3.25. The van der Waals surface area contributed by atoms with Crippen LogP contribution in [0.3, 0.4) is 0 Å². The summed E-state index contributed by atoms with van der Waals surface area (Å²) in [7, 11) is 0. The Morgan fingerprint density at radius 3 is 2.28 bits per heavy atom. The Bertz CT molecular complexity index is 558. The maximum atomic E-state index is 10.8. The third-order valence-corrected chi connectivity index (χ3v) is 3.62. The molecular weight excluding hydrogens is 314 g/mol. The first-order valence-electron chi connectivity index (χ1n) is 8.93. The summed E-state index contributed by atoms with van der Waals surface area (Å²) in [5, 5.41) is 2.75. The zero-order valence-corrected chi connectivity index (χ0v) is 14.8. The number of hydrogen-bond donors (Lipinski definition) is 1. The predicted molar refractivity (Wildman–Crippen MR) is 99.6 cm³/mol. The number of carbonyl (C=O) groups is 1. The minimum absolute atomic E-state index is 0.249. The van der Waals surface area contributed by atoms with Gasteiger partial charge >= 0.3 is 6.09 Å². The van der Waals surface area contributed by atoms with E-state index in [2.05, 4.69) is 24.4 Å². The standard InChI is InChI=1S/C13H12O.C8H15NO2/c1-3-7-12(8-4-1)11-14-13-9-5-2-6-10-13;1-2-3-6-11-8(10)9-7-4-5-7/h1-10H,11H2;7H,2-6H2,1H3,(H,9,10). The molecule has 4 nitrogen and oxygen atoms in total. The molecule has 1 amide bonds. The van der Waals surface area contributed by atoms with Crippen LogP contribution in [0.2, 0.25) is 0 Å². The van der Waals surface area contributed by atoms with Crippen molar-refractivity contribution < 1.29 is 14.3 Å². The number of para-hydroxylation sites is 1. The molecule has 25 heavy (non-hydrogen) atoms. The quantitative estimate of drug-likeness (QED) is 0.726. The lowest BCUT2D eigenvalue weighted by Crippen LogP contribution is -2.26. The third-order valence-electron chi connectivity index (χ3n) is 3.62.